The van der Waals surface area contributed by atoms with E-state index in [1.54, 1.807) is 24.3 Å². The van der Waals surface area contributed by atoms with Crippen LogP contribution >= 0.6 is 0 Å². The van der Waals surface area contributed by atoms with Gasteiger partial charge in [-0.2, -0.15) is 0 Å². The molecule has 6 nitrogen and oxygen atoms in total. The molecule has 0 amide bonds. The maximum absolute atomic E-state index is 11.4. The van der Waals surface area contributed by atoms with Gasteiger partial charge in [-0.15, -0.1) is 0 Å². The lowest BCUT2D eigenvalue weighted by atomic mass is 10.1. The zero-order valence-corrected chi connectivity index (χ0v) is 13.7. The van der Waals surface area contributed by atoms with Gasteiger partial charge >= 0.3 is 5.88 Å². The minimum Gasteiger partial charge on any atom is -0.489 e. The van der Waals surface area contributed by atoms with Crippen molar-refractivity contribution in [2.75, 3.05) is 0 Å². The zero-order chi connectivity index (χ0) is 18.4. The van der Waals surface area contributed by atoms with Crippen LogP contribution in [-0.4, -0.2) is 11.2 Å². The van der Waals surface area contributed by atoms with E-state index < -0.39 is 4.92 Å². The van der Waals surface area contributed by atoms with E-state index in [-0.39, 0.29) is 11.6 Å². The minimum absolute atomic E-state index is 0.239. The Morgan fingerprint density at radius 2 is 1.77 bits per heavy atom. The summed E-state index contributed by atoms with van der Waals surface area (Å²) in [6, 6.07) is 19.5. The van der Waals surface area contributed by atoms with Gasteiger partial charge in [-0.25, -0.2) is 0 Å². The molecule has 0 saturated carbocycles. The fourth-order valence-corrected chi connectivity index (χ4v) is 2.34. The summed E-state index contributed by atoms with van der Waals surface area (Å²) in [5, 5.41) is 10.6. The molecule has 0 unspecified atom stereocenters. The van der Waals surface area contributed by atoms with Crippen LogP contribution in [0, 0.1) is 10.1 Å². The van der Waals surface area contributed by atoms with E-state index in [0.717, 1.165) is 5.56 Å². The molecule has 26 heavy (non-hydrogen) atoms. The molecule has 3 aromatic rings. The van der Waals surface area contributed by atoms with Crippen molar-refractivity contribution in [1.29, 1.82) is 0 Å². The highest BCUT2D eigenvalue weighted by atomic mass is 16.6. The molecule has 0 aliphatic carbocycles. The third-order valence-electron chi connectivity index (χ3n) is 3.65. The number of hydrogen-bond acceptors (Lipinski definition) is 5. The standard InChI is InChI=1S/C20H15NO5/c22-13-17(12-19-10-11-20(26-19)21(23)24)16-6-8-18(9-7-16)25-14-15-4-2-1-3-5-15/h1-13H,14H2. The molecule has 1 aromatic heterocycles. The number of ether oxygens (including phenoxy) is 1. The van der Waals surface area contributed by atoms with Crippen LogP contribution in [0.3, 0.4) is 0 Å². The Hall–Kier alpha value is -3.67. The van der Waals surface area contributed by atoms with Crippen LogP contribution in [0.5, 0.6) is 5.75 Å². The third kappa shape index (κ3) is 4.24. The van der Waals surface area contributed by atoms with Crippen molar-refractivity contribution in [3.8, 4) is 5.75 Å². The zero-order valence-electron chi connectivity index (χ0n) is 13.7. The van der Waals surface area contributed by atoms with Crippen LogP contribution in [0.25, 0.3) is 11.6 Å². The van der Waals surface area contributed by atoms with Gasteiger partial charge in [0.15, 0.2) is 6.29 Å². The molecule has 0 saturated heterocycles. The van der Waals surface area contributed by atoms with Gasteiger partial charge in [-0.3, -0.25) is 14.9 Å². The summed E-state index contributed by atoms with van der Waals surface area (Å²) in [5.41, 5.74) is 2.07. The Kier molecular flexibility index (Phi) is 5.24. The van der Waals surface area contributed by atoms with Crippen molar-refractivity contribution >= 4 is 23.8 Å². The van der Waals surface area contributed by atoms with E-state index in [4.69, 9.17) is 9.15 Å². The Labute approximate surface area is 149 Å². The predicted molar refractivity (Wildman–Crippen MR) is 96.5 cm³/mol. The highest BCUT2D eigenvalue weighted by Gasteiger charge is 2.11. The number of carbonyl (C=O) groups is 1. The molecule has 0 aliphatic rings. The molecule has 6 heteroatoms. The van der Waals surface area contributed by atoms with Crippen LogP contribution in [0.1, 0.15) is 16.9 Å². The van der Waals surface area contributed by atoms with E-state index in [0.29, 0.717) is 29.8 Å². The van der Waals surface area contributed by atoms with E-state index in [9.17, 15) is 14.9 Å². The van der Waals surface area contributed by atoms with Crippen LogP contribution in [-0.2, 0) is 11.4 Å². The SMILES string of the molecule is O=CC(=Cc1ccc([N+](=O)[O-])o1)c1ccc(OCc2ccccc2)cc1. The molecule has 0 bridgehead atoms. The van der Waals surface area contributed by atoms with Gasteiger partial charge in [-0.1, -0.05) is 42.5 Å². The predicted octanol–water partition coefficient (Wildman–Crippen LogP) is 4.51. The van der Waals surface area contributed by atoms with Gasteiger partial charge in [0.1, 0.15) is 23.0 Å². The molecule has 0 fully saturated rings. The first-order chi connectivity index (χ1) is 12.7. The average Bonchev–Trinajstić information content (AvgIpc) is 3.15. The number of nitrogens with zero attached hydrogens (tertiary/aromatic N) is 1. The van der Waals surface area contributed by atoms with Crippen LogP contribution in [0.2, 0.25) is 0 Å². The highest BCUT2D eigenvalue weighted by molar-refractivity contribution is 6.13. The van der Waals surface area contributed by atoms with Crippen molar-refractivity contribution in [3.63, 3.8) is 0 Å². The summed E-state index contributed by atoms with van der Waals surface area (Å²) < 4.78 is 10.8. The van der Waals surface area contributed by atoms with Crippen LogP contribution in [0.4, 0.5) is 5.88 Å². The lowest BCUT2D eigenvalue weighted by molar-refractivity contribution is -0.402. The number of carbonyl (C=O) groups excluding carboxylic acids is 1. The highest BCUT2D eigenvalue weighted by Crippen LogP contribution is 2.23. The summed E-state index contributed by atoms with van der Waals surface area (Å²) in [7, 11) is 0. The van der Waals surface area contributed by atoms with E-state index in [1.165, 1.54) is 18.2 Å². The normalized spacial score (nSPS) is 11.2. The maximum Gasteiger partial charge on any atom is 0.433 e. The Morgan fingerprint density at radius 1 is 1.04 bits per heavy atom. The smallest absolute Gasteiger partial charge is 0.433 e. The summed E-state index contributed by atoms with van der Waals surface area (Å²) in [6.45, 7) is 0.451. The van der Waals surface area contributed by atoms with Gasteiger partial charge < -0.3 is 9.15 Å². The second-order valence-corrected chi connectivity index (χ2v) is 5.45. The quantitative estimate of drug-likeness (QED) is 0.271. The lowest BCUT2D eigenvalue weighted by Gasteiger charge is -2.07. The average molecular weight is 349 g/mol. The van der Waals surface area contributed by atoms with Crippen molar-refractivity contribution in [2.45, 2.75) is 6.61 Å². The molecule has 0 atom stereocenters. The van der Waals surface area contributed by atoms with E-state index >= 15 is 0 Å². The molecule has 0 aliphatic heterocycles. The first kappa shape index (κ1) is 17.2. The molecule has 3 rings (SSSR count). The van der Waals surface area contributed by atoms with Gasteiger partial charge in [0.2, 0.25) is 0 Å². The molecule has 0 radical (unpaired) electrons. The summed E-state index contributed by atoms with van der Waals surface area (Å²) in [4.78, 5) is 21.4. The van der Waals surface area contributed by atoms with Crippen LogP contribution in [0.15, 0.2) is 71.1 Å². The molecule has 1 heterocycles. The monoisotopic (exact) mass is 349 g/mol. The first-order valence-electron chi connectivity index (χ1n) is 7.84. The largest absolute Gasteiger partial charge is 0.489 e. The maximum atomic E-state index is 11.4. The fraction of sp³-hybridized carbons (Fsp3) is 0.0500. The number of benzene rings is 2. The number of rotatable bonds is 7. The summed E-state index contributed by atoms with van der Waals surface area (Å²) in [6.07, 6.45) is 2.13. The van der Waals surface area contributed by atoms with Crippen molar-refractivity contribution < 1.29 is 18.9 Å². The lowest BCUT2D eigenvalue weighted by Crippen LogP contribution is -1.95. The first-order valence-corrected chi connectivity index (χ1v) is 7.84. The molecule has 2 aromatic carbocycles. The van der Waals surface area contributed by atoms with E-state index in [2.05, 4.69) is 0 Å². The van der Waals surface area contributed by atoms with Crippen molar-refractivity contribution in [3.05, 3.63) is 93.7 Å². The second-order valence-electron chi connectivity index (χ2n) is 5.45. The Morgan fingerprint density at radius 3 is 2.38 bits per heavy atom. The van der Waals surface area contributed by atoms with Gasteiger partial charge in [-0.05, 0) is 35.4 Å². The Bertz CT molecular complexity index is 926. The molecule has 130 valence electrons. The third-order valence-corrected chi connectivity index (χ3v) is 3.65. The van der Waals surface area contributed by atoms with E-state index in [1.807, 2.05) is 30.3 Å². The van der Waals surface area contributed by atoms with Gasteiger partial charge in [0.25, 0.3) is 0 Å². The molecular weight excluding hydrogens is 334 g/mol. The van der Waals surface area contributed by atoms with Crippen LogP contribution < -0.4 is 4.74 Å². The second kappa shape index (κ2) is 7.94. The number of furan rings is 1. The van der Waals surface area contributed by atoms with Crippen molar-refractivity contribution in [1.82, 2.24) is 0 Å². The van der Waals surface area contributed by atoms with Gasteiger partial charge in [0, 0.05) is 5.57 Å². The molecule has 0 spiro atoms. The van der Waals surface area contributed by atoms with Crippen molar-refractivity contribution in [2.24, 2.45) is 0 Å². The molecular formula is C20H15NO5. The topological polar surface area (TPSA) is 82.6 Å². The number of hydrogen-bond donors (Lipinski definition) is 0. The summed E-state index contributed by atoms with van der Waals surface area (Å²) in [5.74, 6) is 0.547. The molecule has 0 N–H and O–H groups in total. The number of allylic oxidation sites excluding steroid dienone is 1. The summed E-state index contributed by atoms with van der Waals surface area (Å²) >= 11 is 0. The van der Waals surface area contributed by atoms with Gasteiger partial charge in [0.05, 0.1) is 6.07 Å². The fourth-order valence-electron chi connectivity index (χ4n) is 2.34. The number of aldehydes is 1. The Balaban J connectivity index is 1.71. The minimum atomic E-state index is -0.628. The number of nitro groups is 1.